The summed E-state index contributed by atoms with van der Waals surface area (Å²) in [7, 11) is 0.393. The molecule has 0 atom stereocenters. The average Bonchev–Trinajstić information content (AvgIpc) is 2.06. The van der Waals surface area contributed by atoms with Gasteiger partial charge in [-0.15, -0.1) is 5.54 Å². The van der Waals surface area contributed by atoms with Gasteiger partial charge in [0.25, 0.3) is 5.56 Å². The largest absolute Gasteiger partial charge is 0.319 e. The van der Waals surface area contributed by atoms with Gasteiger partial charge in [0.05, 0.1) is 0 Å². The van der Waals surface area contributed by atoms with Crippen LogP contribution in [0.15, 0.2) is 23.1 Å². The highest BCUT2D eigenvalue weighted by molar-refractivity contribution is 6.83. The van der Waals surface area contributed by atoms with Gasteiger partial charge in [-0.2, -0.15) is 0 Å². The number of hydrogen-bond donors (Lipinski definition) is 0. The van der Waals surface area contributed by atoms with Gasteiger partial charge in [0.15, 0.2) is 0 Å². The lowest BCUT2D eigenvalue weighted by Gasteiger charge is -2.03. The molecule has 0 aliphatic heterocycles. The molecule has 0 saturated carbocycles. The quantitative estimate of drug-likeness (QED) is 0.466. The van der Waals surface area contributed by atoms with Crippen molar-refractivity contribution in [2.45, 2.75) is 19.6 Å². The molecule has 0 aliphatic rings. The number of hydrogen-bond acceptors (Lipinski definition) is 1. The third kappa shape index (κ3) is 3.23. The van der Waals surface area contributed by atoms with Crippen LogP contribution in [-0.4, -0.2) is 12.6 Å². The molecular formula is C11H15NOSi. The first kappa shape index (κ1) is 10.8. The molecule has 0 amide bonds. The SMILES string of the molecule is Cn1ccc(C#C[Si](C)(C)C)cc1=O. The Kier molecular flexibility index (Phi) is 2.97. The third-order valence-corrected chi connectivity index (χ3v) is 2.56. The molecule has 0 saturated heterocycles. The molecule has 1 heterocycles. The van der Waals surface area contributed by atoms with Gasteiger partial charge in [0.2, 0.25) is 0 Å². The summed E-state index contributed by atoms with van der Waals surface area (Å²) in [5.41, 5.74) is 4.03. The van der Waals surface area contributed by atoms with E-state index >= 15 is 0 Å². The summed E-state index contributed by atoms with van der Waals surface area (Å²) < 4.78 is 1.54. The van der Waals surface area contributed by atoms with E-state index in [1.807, 2.05) is 6.07 Å². The van der Waals surface area contributed by atoms with E-state index in [1.165, 1.54) is 0 Å². The first-order valence-electron chi connectivity index (χ1n) is 4.58. The Morgan fingerprint density at radius 1 is 1.36 bits per heavy atom. The zero-order chi connectivity index (χ0) is 10.8. The van der Waals surface area contributed by atoms with Gasteiger partial charge in [0.1, 0.15) is 8.07 Å². The molecule has 0 fully saturated rings. The molecule has 0 N–H and O–H groups in total. The maximum Gasteiger partial charge on any atom is 0.251 e. The van der Waals surface area contributed by atoms with Gasteiger partial charge >= 0.3 is 0 Å². The van der Waals surface area contributed by atoms with Crippen LogP contribution < -0.4 is 5.56 Å². The molecule has 1 aromatic rings. The standard InChI is InChI=1S/C11H15NOSi/c1-12-7-5-10(9-11(12)13)6-8-14(2,3)4/h5,7,9H,1-4H3. The molecule has 0 aliphatic carbocycles. The zero-order valence-electron chi connectivity index (χ0n) is 9.09. The zero-order valence-corrected chi connectivity index (χ0v) is 10.1. The lowest BCUT2D eigenvalue weighted by Crippen LogP contribution is -2.17. The number of rotatable bonds is 0. The van der Waals surface area contributed by atoms with E-state index in [-0.39, 0.29) is 5.56 Å². The van der Waals surface area contributed by atoms with Gasteiger partial charge in [0, 0.05) is 24.9 Å². The summed E-state index contributed by atoms with van der Waals surface area (Å²) in [6, 6.07) is 3.45. The number of pyridine rings is 1. The normalized spacial score (nSPS) is 10.6. The van der Waals surface area contributed by atoms with E-state index in [0.29, 0.717) is 0 Å². The summed E-state index contributed by atoms with van der Waals surface area (Å²) in [5, 5.41) is 0. The molecule has 0 aromatic carbocycles. The smallest absolute Gasteiger partial charge is 0.251 e. The highest BCUT2D eigenvalue weighted by Crippen LogP contribution is 1.98. The van der Waals surface area contributed by atoms with Crippen LogP contribution in [0, 0.1) is 11.5 Å². The van der Waals surface area contributed by atoms with Crippen molar-refractivity contribution in [2.75, 3.05) is 0 Å². The van der Waals surface area contributed by atoms with E-state index in [2.05, 4.69) is 31.1 Å². The molecule has 14 heavy (non-hydrogen) atoms. The average molecular weight is 205 g/mol. The predicted octanol–water partition coefficient (Wildman–Crippen LogP) is 1.61. The minimum atomic E-state index is -1.34. The van der Waals surface area contributed by atoms with Crippen molar-refractivity contribution >= 4 is 8.07 Å². The number of aromatic nitrogens is 1. The second-order valence-corrected chi connectivity index (χ2v) is 9.11. The minimum absolute atomic E-state index is 0.00706. The van der Waals surface area contributed by atoms with Crippen molar-refractivity contribution in [3.05, 3.63) is 34.2 Å². The first-order chi connectivity index (χ1) is 6.38. The van der Waals surface area contributed by atoms with Crippen LogP contribution in [0.25, 0.3) is 0 Å². The monoisotopic (exact) mass is 205 g/mol. The van der Waals surface area contributed by atoms with Crippen LogP contribution in [0.2, 0.25) is 19.6 Å². The molecule has 1 aromatic heterocycles. The third-order valence-electron chi connectivity index (χ3n) is 1.69. The fourth-order valence-corrected chi connectivity index (χ4v) is 1.41. The van der Waals surface area contributed by atoms with E-state index < -0.39 is 8.07 Å². The van der Waals surface area contributed by atoms with Crippen LogP contribution in [0.3, 0.4) is 0 Å². The Morgan fingerprint density at radius 2 is 2.00 bits per heavy atom. The summed E-state index contributed by atoms with van der Waals surface area (Å²) in [4.78, 5) is 11.3. The Hall–Kier alpha value is -1.27. The van der Waals surface area contributed by atoms with Crippen molar-refractivity contribution in [1.82, 2.24) is 4.57 Å². The van der Waals surface area contributed by atoms with E-state index in [1.54, 1.807) is 23.9 Å². The van der Waals surface area contributed by atoms with Gasteiger partial charge < -0.3 is 4.57 Å². The molecule has 2 nitrogen and oxygen atoms in total. The molecule has 1 rings (SSSR count). The second kappa shape index (κ2) is 3.85. The number of aryl methyl sites for hydroxylation is 1. The van der Waals surface area contributed by atoms with Gasteiger partial charge in [-0.1, -0.05) is 25.6 Å². The Bertz CT molecular complexity index is 443. The van der Waals surface area contributed by atoms with Crippen LogP contribution in [0.5, 0.6) is 0 Å². The highest BCUT2D eigenvalue weighted by atomic mass is 28.3. The fraction of sp³-hybridized carbons (Fsp3) is 0.364. The van der Waals surface area contributed by atoms with Crippen molar-refractivity contribution < 1.29 is 0 Å². The Morgan fingerprint density at radius 3 is 2.50 bits per heavy atom. The Balaban J connectivity index is 3.04. The first-order valence-corrected chi connectivity index (χ1v) is 8.08. The van der Waals surface area contributed by atoms with Crippen molar-refractivity contribution in [3.8, 4) is 11.5 Å². The molecule has 3 heteroatoms. The van der Waals surface area contributed by atoms with Crippen LogP contribution in [0.4, 0.5) is 0 Å². The van der Waals surface area contributed by atoms with E-state index in [4.69, 9.17) is 0 Å². The summed E-state index contributed by atoms with van der Waals surface area (Å²) in [6.07, 6.45) is 1.75. The summed E-state index contributed by atoms with van der Waals surface area (Å²) >= 11 is 0. The fourth-order valence-electron chi connectivity index (χ4n) is 0.886. The van der Waals surface area contributed by atoms with Crippen molar-refractivity contribution in [1.29, 1.82) is 0 Å². The number of nitrogens with zero attached hydrogens (tertiary/aromatic N) is 1. The molecule has 74 valence electrons. The van der Waals surface area contributed by atoms with E-state index in [9.17, 15) is 4.79 Å². The van der Waals surface area contributed by atoms with Gasteiger partial charge in [-0.05, 0) is 6.07 Å². The predicted molar refractivity (Wildman–Crippen MR) is 61.9 cm³/mol. The lowest BCUT2D eigenvalue weighted by atomic mass is 10.3. The van der Waals surface area contributed by atoms with Crippen LogP contribution >= 0.6 is 0 Å². The summed E-state index contributed by atoms with van der Waals surface area (Å²) in [6.45, 7) is 6.54. The second-order valence-electron chi connectivity index (χ2n) is 4.36. The minimum Gasteiger partial charge on any atom is -0.319 e. The highest BCUT2D eigenvalue weighted by Gasteiger charge is 2.07. The van der Waals surface area contributed by atoms with Gasteiger partial charge in [-0.3, -0.25) is 4.79 Å². The molecule has 0 spiro atoms. The van der Waals surface area contributed by atoms with Gasteiger partial charge in [-0.25, -0.2) is 0 Å². The van der Waals surface area contributed by atoms with Crippen molar-refractivity contribution in [3.63, 3.8) is 0 Å². The molecular weight excluding hydrogens is 190 g/mol. The maximum absolute atomic E-state index is 11.3. The molecule has 0 bridgehead atoms. The summed E-state index contributed by atoms with van der Waals surface area (Å²) in [5.74, 6) is 3.05. The maximum atomic E-state index is 11.3. The van der Waals surface area contributed by atoms with Crippen molar-refractivity contribution in [2.24, 2.45) is 7.05 Å². The molecule has 0 radical (unpaired) electrons. The molecule has 0 unspecified atom stereocenters. The van der Waals surface area contributed by atoms with Crippen LogP contribution in [0.1, 0.15) is 5.56 Å². The Labute approximate surface area is 85.6 Å². The van der Waals surface area contributed by atoms with Crippen LogP contribution in [-0.2, 0) is 7.05 Å². The topological polar surface area (TPSA) is 22.0 Å². The van der Waals surface area contributed by atoms with E-state index in [0.717, 1.165) is 5.56 Å². The lowest BCUT2D eigenvalue weighted by molar-refractivity contribution is 0.859.